The van der Waals surface area contributed by atoms with Gasteiger partial charge >= 0.3 is 0 Å². The normalized spacial score (nSPS) is 60.3. The highest BCUT2D eigenvalue weighted by Crippen LogP contribution is 2.66. The summed E-state index contributed by atoms with van der Waals surface area (Å²) in [6.45, 7) is 1.06. The largest absolute Gasteiger partial charge is 0.327 e. The smallest absolute Gasteiger partial charge is 0.0245 e. The van der Waals surface area contributed by atoms with E-state index >= 15 is 0 Å². The SMILES string of the molecule is NC1CCC2(NC1)[C@@H]1CC[C@@H]12. The standard InChI is InChI=1S/C9H16N2/c10-6-3-4-9(11-5-6)7-1-2-8(7)9/h6-8,11H,1-5,10H2/t6?,7-,8+,9?. The molecule has 4 atom stereocenters. The number of hydrogen-bond donors (Lipinski definition) is 2. The molecular weight excluding hydrogens is 136 g/mol. The Labute approximate surface area is 67.5 Å². The van der Waals surface area contributed by atoms with E-state index in [-0.39, 0.29) is 0 Å². The number of nitrogens with one attached hydrogen (secondary N) is 1. The lowest BCUT2D eigenvalue weighted by Crippen LogP contribution is -2.48. The second-order valence-corrected chi connectivity index (χ2v) is 4.51. The fourth-order valence-corrected chi connectivity index (χ4v) is 3.19. The van der Waals surface area contributed by atoms with Gasteiger partial charge in [-0.3, -0.25) is 0 Å². The highest BCUT2D eigenvalue weighted by Gasteiger charge is 2.68. The van der Waals surface area contributed by atoms with Crippen molar-refractivity contribution in [3.8, 4) is 0 Å². The lowest BCUT2D eigenvalue weighted by atomic mass is 9.98. The molecule has 2 unspecified atom stereocenters. The van der Waals surface area contributed by atoms with Gasteiger partial charge in [-0.1, -0.05) is 0 Å². The molecule has 2 saturated carbocycles. The van der Waals surface area contributed by atoms with Crippen molar-refractivity contribution in [1.82, 2.24) is 5.32 Å². The Morgan fingerprint density at radius 2 is 1.91 bits per heavy atom. The molecule has 0 amide bonds. The molecular formula is C9H16N2. The summed E-state index contributed by atoms with van der Waals surface area (Å²) in [4.78, 5) is 0. The van der Waals surface area contributed by atoms with E-state index in [0.29, 0.717) is 11.6 Å². The molecule has 62 valence electrons. The minimum Gasteiger partial charge on any atom is -0.327 e. The van der Waals surface area contributed by atoms with Crippen molar-refractivity contribution in [2.24, 2.45) is 17.6 Å². The predicted molar refractivity (Wildman–Crippen MR) is 44.2 cm³/mol. The molecule has 0 aromatic carbocycles. The molecule has 0 aromatic heterocycles. The molecule has 3 aliphatic rings. The van der Waals surface area contributed by atoms with Crippen molar-refractivity contribution in [3.05, 3.63) is 0 Å². The van der Waals surface area contributed by atoms with Gasteiger partial charge in [-0.25, -0.2) is 0 Å². The average Bonchev–Trinajstić information content (AvgIpc) is 2.36. The molecule has 1 heterocycles. The molecule has 3 N–H and O–H groups in total. The molecule has 11 heavy (non-hydrogen) atoms. The maximum atomic E-state index is 5.83. The summed E-state index contributed by atoms with van der Waals surface area (Å²) >= 11 is 0. The van der Waals surface area contributed by atoms with Crippen LogP contribution in [0.15, 0.2) is 0 Å². The summed E-state index contributed by atoms with van der Waals surface area (Å²) in [5.41, 5.74) is 6.44. The fraction of sp³-hybridized carbons (Fsp3) is 1.00. The van der Waals surface area contributed by atoms with Crippen LogP contribution in [-0.4, -0.2) is 18.1 Å². The lowest BCUT2D eigenvalue weighted by Gasteiger charge is -2.28. The molecule has 1 aliphatic heterocycles. The summed E-state index contributed by atoms with van der Waals surface area (Å²) in [6, 6.07) is 0.431. The summed E-state index contributed by atoms with van der Waals surface area (Å²) in [7, 11) is 0. The van der Waals surface area contributed by atoms with Crippen LogP contribution >= 0.6 is 0 Å². The van der Waals surface area contributed by atoms with Gasteiger partial charge in [0.2, 0.25) is 0 Å². The highest BCUT2D eigenvalue weighted by molar-refractivity contribution is 5.24. The number of nitrogens with two attached hydrogens (primary N) is 1. The van der Waals surface area contributed by atoms with Crippen LogP contribution in [0.5, 0.6) is 0 Å². The first-order chi connectivity index (χ1) is 5.33. The van der Waals surface area contributed by atoms with Crippen LogP contribution in [0.25, 0.3) is 0 Å². The molecule has 1 saturated heterocycles. The first kappa shape index (κ1) is 6.44. The average molecular weight is 152 g/mol. The second-order valence-electron chi connectivity index (χ2n) is 4.51. The topological polar surface area (TPSA) is 38.0 Å². The van der Waals surface area contributed by atoms with Crippen molar-refractivity contribution in [3.63, 3.8) is 0 Å². The van der Waals surface area contributed by atoms with Gasteiger partial charge in [0, 0.05) is 18.1 Å². The van der Waals surface area contributed by atoms with Crippen molar-refractivity contribution < 1.29 is 0 Å². The van der Waals surface area contributed by atoms with Gasteiger partial charge in [-0.05, 0) is 37.5 Å². The van der Waals surface area contributed by atoms with Crippen LogP contribution in [0, 0.1) is 11.8 Å². The molecule has 0 radical (unpaired) electrons. The summed E-state index contributed by atoms with van der Waals surface area (Å²) in [5.74, 6) is 2.10. The number of rotatable bonds is 0. The molecule has 2 heteroatoms. The van der Waals surface area contributed by atoms with Crippen LogP contribution < -0.4 is 11.1 Å². The molecule has 3 fully saturated rings. The minimum absolute atomic E-state index is 0.431. The van der Waals surface area contributed by atoms with Gasteiger partial charge in [-0.2, -0.15) is 0 Å². The van der Waals surface area contributed by atoms with Crippen LogP contribution in [0.3, 0.4) is 0 Å². The number of fused-ring (bicyclic) bond motifs is 3. The summed E-state index contributed by atoms with van der Waals surface area (Å²) in [5, 5.41) is 3.66. The van der Waals surface area contributed by atoms with Crippen molar-refractivity contribution in [1.29, 1.82) is 0 Å². The fourth-order valence-electron chi connectivity index (χ4n) is 3.19. The van der Waals surface area contributed by atoms with Gasteiger partial charge in [-0.15, -0.1) is 0 Å². The molecule has 3 rings (SSSR count). The summed E-state index contributed by atoms with van der Waals surface area (Å²) in [6.07, 6.45) is 5.56. The third-order valence-corrected chi connectivity index (χ3v) is 4.11. The second kappa shape index (κ2) is 1.80. The first-order valence-corrected chi connectivity index (χ1v) is 4.83. The molecule has 0 bridgehead atoms. The van der Waals surface area contributed by atoms with E-state index in [2.05, 4.69) is 5.32 Å². The highest BCUT2D eigenvalue weighted by atomic mass is 15.1. The van der Waals surface area contributed by atoms with Crippen LogP contribution in [0.2, 0.25) is 0 Å². The zero-order valence-electron chi connectivity index (χ0n) is 6.84. The Morgan fingerprint density at radius 3 is 2.36 bits per heavy atom. The Hall–Kier alpha value is -0.0800. The van der Waals surface area contributed by atoms with Crippen LogP contribution in [0.4, 0.5) is 0 Å². The maximum absolute atomic E-state index is 5.83. The van der Waals surface area contributed by atoms with Gasteiger partial charge < -0.3 is 11.1 Å². The zero-order chi connectivity index (χ0) is 7.47. The van der Waals surface area contributed by atoms with E-state index in [9.17, 15) is 0 Å². The molecule has 0 aromatic rings. The zero-order valence-corrected chi connectivity index (χ0v) is 6.84. The third kappa shape index (κ3) is 0.651. The van der Waals surface area contributed by atoms with Crippen molar-refractivity contribution in [2.75, 3.05) is 6.54 Å². The number of hydrogen-bond acceptors (Lipinski definition) is 2. The minimum atomic E-state index is 0.431. The van der Waals surface area contributed by atoms with Gasteiger partial charge in [0.15, 0.2) is 0 Å². The van der Waals surface area contributed by atoms with E-state index in [1.807, 2.05) is 0 Å². The van der Waals surface area contributed by atoms with E-state index in [1.165, 1.54) is 25.7 Å². The van der Waals surface area contributed by atoms with Gasteiger partial charge in [0.1, 0.15) is 0 Å². The number of piperidine rings is 1. The molecule has 1 spiro atoms. The lowest BCUT2D eigenvalue weighted by molar-refractivity contribution is 0.330. The Balaban J connectivity index is 1.72. The van der Waals surface area contributed by atoms with Gasteiger partial charge in [0.05, 0.1) is 0 Å². The van der Waals surface area contributed by atoms with Gasteiger partial charge in [0.25, 0.3) is 0 Å². The van der Waals surface area contributed by atoms with Crippen LogP contribution in [-0.2, 0) is 0 Å². The van der Waals surface area contributed by atoms with E-state index in [1.54, 1.807) is 0 Å². The molecule has 2 aliphatic carbocycles. The van der Waals surface area contributed by atoms with E-state index in [0.717, 1.165) is 18.4 Å². The van der Waals surface area contributed by atoms with Crippen LogP contribution in [0.1, 0.15) is 25.7 Å². The Morgan fingerprint density at radius 1 is 1.18 bits per heavy atom. The quantitative estimate of drug-likeness (QED) is 0.529. The molecule has 2 nitrogen and oxygen atoms in total. The first-order valence-electron chi connectivity index (χ1n) is 4.83. The van der Waals surface area contributed by atoms with E-state index < -0.39 is 0 Å². The Bertz CT molecular complexity index is 170. The Kier molecular flexibility index (Phi) is 1.06. The maximum Gasteiger partial charge on any atom is 0.0245 e. The van der Waals surface area contributed by atoms with Crippen molar-refractivity contribution >= 4 is 0 Å². The summed E-state index contributed by atoms with van der Waals surface area (Å²) < 4.78 is 0. The van der Waals surface area contributed by atoms with Crippen molar-refractivity contribution in [2.45, 2.75) is 37.3 Å². The van der Waals surface area contributed by atoms with E-state index in [4.69, 9.17) is 5.73 Å². The predicted octanol–water partition coefficient (Wildman–Crippen LogP) is 0.476. The monoisotopic (exact) mass is 152 g/mol. The third-order valence-electron chi connectivity index (χ3n) is 4.11.